The minimum absolute atomic E-state index is 0.0231. The Morgan fingerprint density at radius 2 is 2.09 bits per heavy atom. The first-order chi connectivity index (χ1) is 11.2. The van der Waals surface area contributed by atoms with E-state index in [1.807, 2.05) is 0 Å². The molecule has 0 saturated heterocycles. The van der Waals surface area contributed by atoms with Crippen LogP contribution in [-0.2, 0) is 24.2 Å². The number of hydrogen-bond acceptors (Lipinski definition) is 5. The Labute approximate surface area is 139 Å². The van der Waals surface area contributed by atoms with Crippen LogP contribution in [0.15, 0.2) is 9.82 Å². The number of carbonyl (C=O) groups is 1. The summed E-state index contributed by atoms with van der Waals surface area (Å²) in [5, 5.41) is 12.9. The molecule has 1 amide bonds. The van der Waals surface area contributed by atoms with Crippen molar-refractivity contribution in [3.8, 4) is 0 Å². The van der Waals surface area contributed by atoms with Gasteiger partial charge in [-0.25, -0.2) is 4.79 Å². The third-order valence-electron chi connectivity index (χ3n) is 4.58. The summed E-state index contributed by atoms with van der Waals surface area (Å²) in [7, 11) is 0. The zero-order valence-corrected chi connectivity index (χ0v) is 14.0. The molecule has 1 saturated carbocycles. The van der Waals surface area contributed by atoms with Crippen molar-refractivity contribution in [2.24, 2.45) is 0 Å². The molecule has 1 heterocycles. The standard InChI is InChI=1S/C16H23N3O3S/c20-9-8-19-13-7-3-6-12(13)15(18-16(19)22)23-10-14(21)17-11-4-1-2-5-11/h11,20H,1-10H2,(H,17,21). The molecule has 7 heteroatoms. The summed E-state index contributed by atoms with van der Waals surface area (Å²) < 4.78 is 1.57. The molecule has 0 radical (unpaired) electrons. The van der Waals surface area contributed by atoms with E-state index >= 15 is 0 Å². The molecule has 2 aliphatic rings. The van der Waals surface area contributed by atoms with Crippen LogP contribution >= 0.6 is 11.8 Å². The number of rotatable bonds is 6. The van der Waals surface area contributed by atoms with Gasteiger partial charge in [-0.05, 0) is 32.1 Å². The monoisotopic (exact) mass is 337 g/mol. The van der Waals surface area contributed by atoms with Crippen LogP contribution in [0.3, 0.4) is 0 Å². The van der Waals surface area contributed by atoms with Crippen LogP contribution in [0.2, 0.25) is 0 Å². The van der Waals surface area contributed by atoms with Crippen LogP contribution in [0.1, 0.15) is 43.4 Å². The van der Waals surface area contributed by atoms with Crippen molar-refractivity contribution in [2.75, 3.05) is 12.4 Å². The van der Waals surface area contributed by atoms with Crippen molar-refractivity contribution in [2.45, 2.75) is 62.6 Å². The Morgan fingerprint density at radius 3 is 2.83 bits per heavy atom. The minimum atomic E-state index is -0.321. The highest BCUT2D eigenvalue weighted by atomic mass is 32.2. The van der Waals surface area contributed by atoms with E-state index in [1.54, 1.807) is 4.57 Å². The second-order valence-corrected chi connectivity index (χ2v) is 7.16. The summed E-state index contributed by atoms with van der Waals surface area (Å²) >= 11 is 1.36. The first-order valence-corrected chi connectivity index (χ1v) is 9.33. The van der Waals surface area contributed by atoms with Crippen molar-refractivity contribution in [1.82, 2.24) is 14.9 Å². The maximum atomic E-state index is 12.1. The van der Waals surface area contributed by atoms with Crippen LogP contribution in [-0.4, -0.2) is 39.0 Å². The SMILES string of the molecule is O=C(CSc1nc(=O)n(CCO)c2c1CCC2)NC1CCCC1. The number of hydrogen-bond donors (Lipinski definition) is 2. The topological polar surface area (TPSA) is 84.2 Å². The average molecular weight is 337 g/mol. The smallest absolute Gasteiger partial charge is 0.348 e. The van der Waals surface area contributed by atoms with Gasteiger partial charge in [0.2, 0.25) is 5.91 Å². The van der Waals surface area contributed by atoms with Gasteiger partial charge >= 0.3 is 5.69 Å². The fourth-order valence-electron chi connectivity index (χ4n) is 3.51. The lowest BCUT2D eigenvalue weighted by Crippen LogP contribution is -2.34. The maximum absolute atomic E-state index is 12.1. The molecule has 0 bridgehead atoms. The Hall–Kier alpha value is -1.34. The number of aliphatic hydroxyl groups is 1. The largest absolute Gasteiger partial charge is 0.395 e. The summed E-state index contributed by atoms with van der Waals surface area (Å²) in [6.07, 6.45) is 7.25. The normalized spacial score (nSPS) is 17.4. The molecule has 3 rings (SSSR count). The first-order valence-electron chi connectivity index (χ1n) is 8.34. The third-order valence-corrected chi connectivity index (χ3v) is 5.60. The van der Waals surface area contributed by atoms with Gasteiger partial charge in [0.25, 0.3) is 0 Å². The molecule has 0 spiro atoms. The fraction of sp³-hybridized carbons (Fsp3) is 0.688. The number of nitrogens with zero attached hydrogens (tertiary/aromatic N) is 2. The molecule has 0 unspecified atom stereocenters. The number of aromatic nitrogens is 2. The first kappa shape index (κ1) is 16.5. The lowest BCUT2D eigenvalue weighted by molar-refractivity contribution is -0.119. The van der Waals surface area contributed by atoms with Crippen LogP contribution in [0, 0.1) is 0 Å². The lowest BCUT2D eigenvalue weighted by Gasteiger charge is -2.14. The zero-order chi connectivity index (χ0) is 16.2. The number of amides is 1. The third kappa shape index (κ3) is 3.77. The highest BCUT2D eigenvalue weighted by molar-refractivity contribution is 7.99. The van der Waals surface area contributed by atoms with Gasteiger partial charge in [-0.3, -0.25) is 9.36 Å². The summed E-state index contributed by atoms with van der Waals surface area (Å²) in [6.45, 7) is 0.228. The number of nitrogens with one attached hydrogen (secondary N) is 1. The van der Waals surface area contributed by atoms with E-state index in [1.165, 1.54) is 24.6 Å². The average Bonchev–Trinajstić information content (AvgIpc) is 3.19. The molecule has 1 aromatic heterocycles. The van der Waals surface area contributed by atoms with E-state index in [0.29, 0.717) is 23.4 Å². The van der Waals surface area contributed by atoms with E-state index in [4.69, 9.17) is 5.11 Å². The molecule has 126 valence electrons. The van der Waals surface area contributed by atoms with Gasteiger partial charge in [0.15, 0.2) is 0 Å². The summed E-state index contributed by atoms with van der Waals surface area (Å²) in [4.78, 5) is 28.3. The number of aliphatic hydroxyl groups excluding tert-OH is 1. The molecule has 0 atom stereocenters. The predicted octanol–water partition coefficient (Wildman–Crippen LogP) is 0.875. The van der Waals surface area contributed by atoms with Crippen LogP contribution in [0.5, 0.6) is 0 Å². The summed E-state index contributed by atoms with van der Waals surface area (Å²) in [5.41, 5.74) is 1.74. The molecule has 0 aromatic carbocycles. The second kappa shape index (κ2) is 7.49. The van der Waals surface area contributed by atoms with Gasteiger partial charge in [-0.15, -0.1) is 0 Å². The maximum Gasteiger partial charge on any atom is 0.348 e. The van der Waals surface area contributed by atoms with Crippen LogP contribution < -0.4 is 11.0 Å². The predicted molar refractivity (Wildman–Crippen MR) is 88.7 cm³/mol. The van der Waals surface area contributed by atoms with Crippen molar-refractivity contribution >= 4 is 17.7 Å². The lowest BCUT2D eigenvalue weighted by atomic mass is 10.2. The van der Waals surface area contributed by atoms with Crippen LogP contribution in [0.25, 0.3) is 0 Å². The molecule has 2 aliphatic carbocycles. The van der Waals surface area contributed by atoms with E-state index < -0.39 is 0 Å². The summed E-state index contributed by atoms with van der Waals surface area (Å²) in [5.74, 6) is 0.328. The Kier molecular flexibility index (Phi) is 5.38. The number of carbonyl (C=O) groups excluding carboxylic acids is 1. The summed E-state index contributed by atoms with van der Waals surface area (Å²) in [6, 6.07) is 0.319. The highest BCUT2D eigenvalue weighted by Gasteiger charge is 2.23. The van der Waals surface area contributed by atoms with Crippen molar-refractivity contribution in [3.63, 3.8) is 0 Å². The Morgan fingerprint density at radius 1 is 1.30 bits per heavy atom. The number of fused-ring (bicyclic) bond motifs is 1. The molecule has 2 N–H and O–H groups in total. The molecule has 1 fully saturated rings. The van der Waals surface area contributed by atoms with Crippen LogP contribution in [0.4, 0.5) is 0 Å². The van der Waals surface area contributed by atoms with E-state index in [0.717, 1.165) is 43.4 Å². The molecule has 6 nitrogen and oxygen atoms in total. The van der Waals surface area contributed by atoms with Crippen molar-refractivity contribution < 1.29 is 9.90 Å². The van der Waals surface area contributed by atoms with Gasteiger partial charge in [-0.2, -0.15) is 4.98 Å². The Bertz CT molecular complexity index is 638. The molecular weight excluding hydrogens is 314 g/mol. The minimum Gasteiger partial charge on any atom is -0.395 e. The zero-order valence-electron chi connectivity index (χ0n) is 13.2. The molecule has 1 aromatic rings. The van der Waals surface area contributed by atoms with Gasteiger partial charge in [0.1, 0.15) is 5.03 Å². The molecular formula is C16H23N3O3S. The van der Waals surface area contributed by atoms with Crippen molar-refractivity contribution in [1.29, 1.82) is 0 Å². The van der Waals surface area contributed by atoms with E-state index in [2.05, 4.69) is 10.3 Å². The van der Waals surface area contributed by atoms with Gasteiger partial charge < -0.3 is 10.4 Å². The molecule has 23 heavy (non-hydrogen) atoms. The number of thioether (sulfide) groups is 1. The van der Waals surface area contributed by atoms with E-state index in [9.17, 15) is 9.59 Å². The van der Waals surface area contributed by atoms with E-state index in [-0.39, 0.29) is 18.2 Å². The highest BCUT2D eigenvalue weighted by Crippen LogP contribution is 2.29. The Balaban J connectivity index is 1.68. The van der Waals surface area contributed by atoms with Crippen molar-refractivity contribution in [3.05, 3.63) is 21.7 Å². The van der Waals surface area contributed by atoms with Gasteiger partial charge in [0.05, 0.1) is 18.9 Å². The quantitative estimate of drug-likeness (QED) is 0.594. The second-order valence-electron chi connectivity index (χ2n) is 6.19. The molecule has 0 aliphatic heterocycles. The van der Waals surface area contributed by atoms with Gasteiger partial charge in [-0.1, -0.05) is 24.6 Å². The fourth-order valence-corrected chi connectivity index (χ4v) is 4.40. The van der Waals surface area contributed by atoms with Gasteiger partial charge in [0, 0.05) is 17.3 Å².